The molecule has 5 rings (SSSR count). The van der Waals surface area contributed by atoms with E-state index in [0.717, 1.165) is 10.6 Å². The minimum absolute atomic E-state index is 0.0944. The number of thiazole rings is 2. The lowest BCUT2D eigenvalue weighted by atomic mass is 10.1. The molecule has 1 aliphatic heterocycles. The fourth-order valence-corrected chi connectivity index (χ4v) is 5.04. The first-order valence-corrected chi connectivity index (χ1v) is 12.4. The quantitative estimate of drug-likeness (QED) is 0.310. The van der Waals surface area contributed by atoms with Crippen LogP contribution in [0.25, 0.3) is 11.3 Å². The highest BCUT2D eigenvalue weighted by atomic mass is 32.1. The fraction of sp³-hybridized carbons (Fsp3) is 0.125. The number of ether oxygens (including phenoxy) is 1. The summed E-state index contributed by atoms with van der Waals surface area (Å²) in [4.78, 5) is 21.0. The smallest absolute Gasteiger partial charge is 0.427 e. The highest BCUT2D eigenvalue weighted by molar-refractivity contribution is 7.15. The molecule has 3 heterocycles. The van der Waals surface area contributed by atoms with Crippen LogP contribution in [0.1, 0.15) is 16.1 Å². The van der Waals surface area contributed by atoms with Gasteiger partial charge in [0.2, 0.25) is 10.3 Å². The van der Waals surface area contributed by atoms with Crippen LogP contribution >= 0.6 is 22.7 Å². The number of hydrazone groups is 2. The molecular formula is C24H17F3N6O2S2. The number of benzene rings is 2. The molecule has 2 aromatic carbocycles. The Kier molecular flexibility index (Phi) is 6.48. The van der Waals surface area contributed by atoms with Crippen molar-refractivity contribution in [1.82, 2.24) is 9.97 Å². The van der Waals surface area contributed by atoms with E-state index in [9.17, 15) is 18.0 Å². The third-order valence-corrected chi connectivity index (χ3v) is 7.17. The molecule has 1 aliphatic rings. The summed E-state index contributed by atoms with van der Waals surface area (Å²) in [5, 5.41) is 11.8. The zero-order valence-corrected chi connectivity index (χ0v) is 20.9. The number of hydrogen-bond acceptors (Lipinski definition) is 9. The molecule has 0 unspecified atom stereocenters. The second kappa shape index (κ2) is 9.75. The number of halogens is 3. The number of anilines is 2. The minimum Gasteiger partial charge on any atom is -0.497 e. The van der Waals surface area contributed by atoms with Gasteiger partial charge in [0.05, 0.1) is 18.5 Å². The number of nitrogens with one attached hydrogen (secondary N) is 1. The number of hydrogen-bond donors (Lipinski definition) is 1. The average Bonchev–Trinajstić information content (AvgIpc) is 3.60. The number of alkyl halides is 3. The Morgan fingerprint density at radius 2 is 1.76 bits per heavy atom. The summed E-state index contributed by atoms with van der Waals surface area (Å²) in [5.74, 6) is 0.0177. The minimum atomic E-state index is -4.54. The summed E-state index contributed by atoms with van der Waals surface area (Å²) in [5.41, 5.74) is 4.57. The van der Waals surface area contributed by atoms with Gasteiger partial charge in [-0.05, 0) is 31.2 Å². The van der Waals surface area contributed by atoms with Gasteiger partial charge in [-0.2, -0.15) is 28.4 Å². The third kappa shape index (κ3) is 4.95. The normalized spacial score (nSPS) is 14.8. The summed E-state index contributed by atoms with van der Waals surface area (Å²) in [6, 6.07) is 16.3. The van der Waals surface area contributed by atoms with E-state index in [0.29, 0.717) is 33.5 Å². The van der Waals surface area contributed by atoms with Gasteiger partial charge in [-0.25, -0.2) is 9.97 Å². The number of rotatable bonds is 6. The predicted octanol–water partition coefficient (Wildman–Crippen LogP) is 5.82. The van der Waals surface area contributed by atoms with Crippen molar-refractivity contribution >= 4 is 50.3 Å². The van der Waals surface area contributed by atoms with Crippen LogP contribution < -0.4 is 15.2 Å². The van der Waals surface area contributed by atoms with E-state index in [2.05, 4.69) is 25.6 Å². The number of carbonyl (C=O) groups is 1. The number of methoxy groups -OCH3 is 1. The van der Waals surface area contributed by atoms with Crippen LogP contribution in [-0.4, -0.2) is 34.4 Å². The van der Waals surface area contributed by atoms with E-state index in [1.807, 2.05) is 35.7 Å². The van der Waals surface area contributed by atoms with Gasteiger partial charge in [-0.1, -0.05) is 41.7 Å². The van der Waals surface area contributed by atoms with Crippen LogP contribution in [-0.2, 0) is 11.0 Å². The van der Waals surface area contributed by atoms with Gasteiger partial charge in [-0.15, -0.1) is 11.3 Å². The fourth-order valence-electron chi connectivity index (χ4n) is 3.48. The molecule has 13 heteroatoms. The van der Waals surface area contributed by atoms with Gasteiger partial charge in [0.25, 0.3) is 0 Å². The van der Waals surface area contributed by atoms with E-state index in [-0.39, 0.29) is 22.2 Å². The summed E-state index contributed by atoms with van der Waals surface area (Å²) < 4.78 is 44.7. The monoisotopic (exact) mass is 542 g/mol. The van der Waals surface area contributed by atoms with E-state index < -0.39 is 17.0 Å². The highest BCUT2D eigenvalue weighted by Gasteiger charge is 2.37. The zero-order valence-electron chi connectivity index (χ0n) is 19.3. The van der Waals surface area contributed by atoms with Crippen molar-refractivity contribution in [2.75, 3.05) is 17.5 Å². The standard InChI is InChI=1S/C24H17F3N6O2S2/c1-13-20(24(25,26)27)37-22(28-13)31-30-19-18(15-8-10-16(35-2)11-9-15)32-33(21(19)34)23-29-17(12-36-23)14-6-4-3-5-7-14/h3-12H,1-2H3,(H,28,31)/b30-19-. The van der Waals surface area contributed by atoms with Gasteiger partial charge in [0, 0.05) is 16.5 Å². The predicted molar refractivity (Wildman–Crippen MR) is 137 cm³/mol. The molecule has 1 amide bonds. The van der Waals surface area contributed by atoms with Crippen molar-refractivity contribution in [2.24, 2.45) is 10.2 Å². The first-order chi connectivity index (χ1) is 17.7. The molecule has 0 fully saturated rings. The van der Waals surface area contributed by atoms with Crippen LogP contribution in [0.15, 0.2) is 70.2 Å². The average molecular weight is 543 g/mol. The van der Waals surface area contributed by atoms with Crippen LogP contribution in [0.5, 0.6) is 5.75 Å². The number of carbonyl (C=O) groups excluding carboxylic acids is 1. The third-order valence-electron chi connectivity index (χ3n) is 5.24. The lowest BCUT2D eigenvalue weighted by Crippen LogP contribution is -2.28. The summed E-state index contributed by atoms with van der Waals surface area (Å²) in [6.45, 7) is 1.26. The molecule has 188 valence electrons. The molecule has 0 bridgehead atoms. The molecule has 4 aromatic rings. The molecule has 0 saturated heterocycles. The maximum atomic E-state index is 13.4. The molecule has 2 aromatic heterocycles. The summed E-state index contributed by atoms with van der Waals surface area (Å²) in [6.07, 6.45) is -4.54. The number of aromatic nitrogens is 2. The lowest BCUT2D eigenvalue weighted by Gasteiger charge is -2.06. The lowest BCUT2D eigenvalue weighted by molar-refractivity contribution is -0.134. The largest absolute Gasteiger partial charge is 0.497 e. The summed E-state index contributed by atoms with van der Waals surface area (Å²) >= 11 is 1.63. The Hall–Kier alpha value is -4.10. The number of aryl methyl sites for hydroxylation is 1. The molecule has 0 spiro atoms. The number of nitrogens with zero attached hydrogens (tertiary/aromatic N) is 5. The van der Waals surface area contributed by atoms with Crippen LogP contribution in [0.2, 0.25) is 0 Å². The Morgan fingerprint density at radius 3 is 2.41 bits per heavy atom. The van der Waals surface area contributed by atoms with Gasteiger partial charge in [0.15, 0.2) is 5.71 Å². The van der Waals surface area contributed by atoms with Crippen LogP contribution in [0, 0.1) is 6.92 Å². The Balaban J connectivity index is 1.50. The molecule has 0 aliphatic carbocycles. The van der Waals surface area contributed by atoms with Crippen LogP contribution in [0.3, 0.4) is 0 Å². The van der Waals surface area contributed by atoms with Crippen molar-refractivity contribution in [2.45, 2.75) is 13.1 Å². The van der Waals surface area contributed by atoms with Gasteiger partial charge < -0.3 is 4.74 Å². The van der Waals surface area contributed by atoms with Crippen molar-refractivity contribution in [3.05, 3.63) is 76.1 Å². The first-order valence-electron chi connectivity index (χ1n) is 10.7. The molecule has 1 N–H and O–H groups in total. The van der Waals surface area contributed by atoms with E-state index >= 15 is 0 Å². The van der Waals surface area contributed by atoms with Gasteiger partial charge >= 0.3 is 12.1 Å². The zero-order chi connectivity index (χ0) is 26.2. The molecule has 0 saturated carbocycles. The van der Waals surface area contributed by atoms with E-state index in [4.69, 9.17) is 4.74 Å². The van der Waals surface area contributed by atoms with E-state index in [1.165, 1.54) is 25.4 Å². The molecule has 37 heavy (non-hydrogen) atoms. The van der Waals surface area contributed by atoms with Crippen molar-refractivity contribution in [1.29, 1.82) is 0 Å². The highest BCUT2D eigenvalue weighted by Crippen LogP contribution is 2.38. The maximum Gasteiger partial charge on any atom is 0.427 e. The van der Waals surface area contributed by atoms with E-state index in [1.54, 1.807) is 24.3 Å². The molecule has 0 radical (unpaired) electrons. The SMILES string of the molecule is COc1ccc(C2=NN(c3nc(-c4ccccc4)cs3)C(=O)/C2=N\Nc2nc(C)c(C(F)(F)F)s2)cc1. The topological polar surface area (TPSA) is 92.1 Å². The number of amides is 1. The second-order valence-corrected chi connectivity index (χ2v) is 9.51. The molecular weight excluding hydrogens is 525 g/mol. The second-order valence-electron chi connectivity index (χ2n) is 7.68. The van der Waals surface area contributed by atoms with Crippen molar-refractivity contribution in [3.63, 3.8) is 0 Å². The van der Waals surface area contributed by atoms with Gasteiger partial charge in [0.1, 0.15) is 16.3 Å². The Labute approximate surface area is 216 Å². The Morgan fingerprint density at radius 1 is 1.03 bits per heavy atom. The summed E-state index contributed by atoms with van der Waals surface area (Å²) in [7, 11) is 1.53. The first kappa shape index (κ1) is 24.6. The van der Waals surface area contributed by atoms with Crippen molar-refractivity contribution in [3.8, 4) is 17.0 Å². The molecule has 0 atom stereocenters. The van der Waals surface area contributed by atoms with Gasteiger partial charge in [-0.3, -0.25) is 10.2 Å². The Bertz CT molecular complexity index is 1510. The van der Waals surface area contributed by atoms with Crippen LogP contribution in [0.4, 0.5) is 23.4 Å². The molecule has 8 nitrogen and oxygen atoms in total. The maximum absolute atomic E-state index is 13.4. The van der Waals surface area contributed by atoms with Crippen molar-refractivity contribution < 1.29 is 22.7 Å².